The van der Waals surface area contributed by atoms with Gasteiger partial charge in [-0.25, -0.2) is 8.42 Å². The Hall–Kier alpha value is -1.98. The molecule has 3 rings (SSSR count). The highest BCUT2D eigenvalue weighted by Crippen LogP contribution is 2.30. The number of sulfonamides is 1. The number of nitrogens with zero attached hydrogens (tertiary/aromatic N) is 2. The van der Waals surface area contributed by atoms with E-state index < -0.39 is 33.7 Å². The second-order valence-corrected chi connectivity index (χ2v) is 8.03. The van der Waals surface area contributed by atoms with Gasteiger partial charge in [-0.1, -0.05) is 0 Å². The SMILES string of the molecule is O=C1C[C@@H](N2CCN(S(=O)(=O)c3ccc(C(F)(F)F)cc3)CC2)C(=O)N1. The summed E-state index contributed by atoms with van der Waals surface area (Å²) in [6.07, 6.45) is -4.49. The van der Waals surface area contributed by atoms with Gasteiger partial charge in [0, 0.05) is 26.2 Å². The number of piperazine rings is 1. The Morgan fingerprint density at radius 2 is 1.58 bits per heavy atom. The molecule has 2 aliphatic heterocycles. The van der Waals surface area contributed by atoms with Crippen LogP contribution in [-0.4, -0.2) is 61.7 Å². The molecule has 2 saturated heterocycles. The van der Waals surface area contributed by atoms with Crippen molar-refractivity contribution < 1.29 is 31.2 Å². The molecule has 2 amide bonds. The fraction of sp³-hybridized carbons (Fsp3) is 0.467. The van der Waals surface area contributed by atoms with Gasteiger partial charge in [0.25, 0.3) is 0 Å². The third-order valence-electron chi connectivity index (χ3n) is 4.48. The number of hydrogen-bond acceptors (Lipinski definition) is 5. The Bertz CT molecular complexity index is 816. The summed E-state index contributed by atoms with van der Waals surface area (Å²) >= 11 is 0. The molecule has 142 valence electrons. The van der Waals surface area contributed by atoms with Crippen molar-refractivity contribution in [1.82, 2.24) is 14.5 Å². The first-order valence-electron chi connectivity index (χ1n) is 7.84. The Kier molecular flexibility index (Phi) is 4.80. The highest BCUT2D eigenvalue weighted by Gasteiger charge is 2.38. The molecule has 1 aromatic carbocycles. The van der Waals surface area contributed by atoms with Crippen molar-refractivity contribution in [2.75, 3.05) is 26.2 Å². The Labute approximate surface area is 147 Å². The summed E-state index contributed by atoms with van der Waals surface area (Å²) in [7, 11) is -3.92. The largest absolute Gasteiger partial charge is 0.416 e. The van der Waals surface area contributed by atoms with E-state index in [-0.39, 0.29) is 43.4 Å². The van der Waals surface area contributed by atoms with Crippen LogP contribution in [0.5, 0.6) is 0 Å². The van der Waals surface area contributed by atoms with Gasteiger partial charge in [-0.05, 0) is 24.3 Å². The van der Waals surface area contributed by atoms with Gasteiger partial charge in [0.15, 0.2) is 0 Å². The van der Waals surface area contributed by atoms with E-state index in [1.165, 1.54) is 4.31 Å². The Morgan fingerprint density at radius 1 is 1.00 bits per heavy atom. The van der Waals surface area contributed by atoms with Crippen molar-refractivity contribution in [2.24, 2.45) is 0 Å². The third kappa shape index (κ3) is 3.60. The van der Waals surface area contributed by atoms with Crippen molar-refractivity contribution in [3.8, 4) is 0 Å². The number of amides is 2. The van der Waals surface area contributed by atoms with Crippen molar-refractivity contribution in [3.63, 3.8) is 0 Å². The van der Waals surface area contributed by atoms with Crippen LogP contribution in [0.3, 0.4) is 0 Å². The zero-order valence-electron chi connectivity index (χ0n) is 13.5. The molecule has 1 aromatic rings. The minimum Gasteiger partial charge on any atom is -0.295 e. The van der Waals surface area contributed by atoms with Crippen LogP contribution in [0.4, 0.5) is 13.2 Å². The molecular formula is C15H16F3N3O4S. The molecule has 2 aliphatic rings. The van der Waals surface area contributed by atoms with E-state index in [1.807, 2.05) is 0 Å². The maximum absolute atomic E-state index is 12.6. The van der Waals surface area contributed by atoms with E-state index >= 15 is 0 Å². The monoisotopic (exact) mass is 391 g/mol. The van der Waals surface area contributed by atoms with Crippen LogP contribution in [0.2, 0.25) is 0 Å². The molecule has 7 nitrogen and oxygen atoms in total. The van der Waals surface area contributed by atoms with Crippen LogP contribution >= 0.6 is 0 Å². The number of imide groups is 1. The van der Waals surface area contributed by atoms with Gasteiger partial charge in [0.1, 0.15) is 0 Å². The molecule has 0 aromatic heterocycles. The third-order valence-corrected chi connectivity index (χ3v) is 6.39. The Balaban J connectivity index is 1.68. The van der Waals surface area contributed by atoms with Crippen molar-refractivity contribution in [2.45, 2.75) is 23.5 Å². The van der Waals surface area contributed by atoms with Gasteiger partial charge in [-0.2, -0.15) is 17.5 Å². The van der Waals surface area contributed by atoms with Crippen LogP contribution in [-0.2, 0) is 25.8 Å². The molecule has 1 N–H and O–H groups in total. The lowest BCUT2D eigenvalue weighted by atomic mass is 10.2. The van der Waals surface area contributed by atoms with Crippen LogP contribution in [0.25, 0.3) is 0 Å². The first-order chi connectivity index (χ1) is 12.1. The molecule has 1 atom stereocenters. The first-order valence-corrected chi connectivity index (χ1v) is 9.28. The molecular weight excluding hydrogens is 375 g/mol. The van der Waals surface area contributed by atoms with E-state index in [2.05, 4.69) is 5.32 Å². The molecule has 0 saturated carbocycles. The van der Waals surface area contributed by atoms with Crippen LogP contribution in [0.1, 0.15) is 12.0 Å². The van der Waals surface area contributed by atoms with Gasteiger partial charge in [-0.3, -0.25) is 19.8 Å². The van der Waals surface area contributed by atoms with E-state index in [4.69, 9.17) is 0 Å². The molecule has 0 aliphatic carbocycles. The van der Waals surface area contributed by atoms with Gasteiger partial charge in [0.2, 0.25) is 21.8 Å². The fourth-order valence-electron chi connectivity index (χ4n) is 3.06. The normalized spacial score (nSPS) is 23.3. The minimum atomic E-state index is -4.53. The molecule has 2 fully saturated rings. The lowest BCUT2D eigenvalue weighted by molar-refractivity contribution is -0.137. The highest BCUT2D eigenvalue weighted by atomic mass is 32.2. The number of hydrogen-bond donors (Lipinski definition) is 1. The number of rotatable bonds is 3. The number of alkyl halides is 3. The van der Waals surface area contributed by atoms with E-state index in [0.29, 0.717) is 0 Å². The molecule has 0 bridgehead atoms. The fourth-order valence-corrected chi connectivity index (χ4v) is 4.48. The molecule has 0 unspecified atom stereocenters. The summed E-state index contributed by atoms with van der Waals surface area (Å²) in [6, 6.07) is 2.75. The number of carbonyl (C=O) groups is 2. The molecule has 0 spiro atoms. The predicted octanol–water partition coefficient (Wildman–Crippen LogP) is 0.427. The van der Waals surface area contributed by atoms with Crippen LogP contribution < -0.4 is 5.32 Å². The average Bonchev–Trinajstić information content (AvgIpc) is 2.93. The van der Waals surface area contributed by atoms with Crippen molar-refractivity contribution in [3.05, 3.63) is 29.8 Å². The molecule has 0 radical (unpaired) electrons. The summed E-state index contributed by atoms with van der Waals surface area (Å²) in [5.74, 6) is -0.756. The quantitative estimate of drug-likeness (QED) is 0.755. The highest BCUT2D eigenvalue weighted by molar-refractivity contribution is 7.89. The number of halogens is 3. The minimum absolute atomic E-state index is 0.0461. The maximum atomic E-state index is 12.6. The second-order valence-electron chi connectivity index (χ2n) is 6.09. The lowest BCUT2D eigenvalue weighted by Crippen LogP contribution is -2.53. The molecule has 2 heterocycles. The van der Waals surface area contributed by atoms with Crippen molar-refractivity contribution in [1.29, 1.82) is 0 Å². The number of carbonyl (C=O) groups excluding carboxylic acids is 2. The summed E-state index contributed by atoms with van der Waals surface area (Å²) in [4.78, 5) is 24.5. The number of nitrogens with one attached hydrogen (secondary N) is 1. The standard InChI is InChI=1S/C15H16F3N3O4S/c16-15(17,18)10-1-3-11(4-2-10)26(24,25)21-7-5-20(6-8-21)12-9-13(22)19-14(12)23/h1-4,12H,5-9H2,(H,19,22,23)/t12-/m1/s1. The summed E-state index contributed by atoms with van der Waals surface area (Å²) in [5, 5.41) is 2.21. The van der Waals surface area contributed by atoms with Crippen LogP contribution in [0, 0.1) is 0 Å². The topological polar surface area (TPSA) is 86.8 Å². The zero-order valence-corrected chi connectivity index (χ0v) is 14.3. The predicted molar refractivity (Wildman–Crippen MR) is 83.3 cm³/mol. The van der Waals surface area contributed by atoms with Gasteiger partial charge in [-0.15, -0.1) is 0 Å². The van der Waals surface area contributed by atoms with Crippen LogP contribution in [0.15, 0.2) is 29.2 Å². The summed E-state index contributed by atoms with van der Waals surface area (Å²) < 4.78 is 64.1. The van der Waals surface area contributed by atoms with Crippen molar-refractivity contribution >= 4 is 21.8 Å². The average molecular weight is 391 g/mol. The maximum Gasteiger partial charge on any atom is 0.416 e. The summed E-state index contributed by atoms with van der Waals surface area (Å²) in [5.41, 5.74) is -0.918. The van der Waals surface area contributed by atoms with E-state index in [9.17, 15) is 31.2 Å². The first kappa shape index (κ1) is 18.8. The summed E-state index contributed by atoms with van der Waals surface area (Å²) in [6.45, 7) is 0.680. The molecule has 26 heavy (non-hydrogen) atoms. The smallest absolute Gasteiger partial charge is 0.295 e. The Morgan fingerprint density at radius 3 is 2.04 bits per heavy atom. The van der Waals surface area contributed by atoms with Gasteiger partial charge < -0.3 is 0 Å². The van der Waals surface area contributed by atoms with E-state index in [1.54, 1.807) is 4.90 Å². The zero-order chi connectivity index (χ0) is 19.1. The molecule has 11 heteroatoms. The van der Waals surface area contributed by atoms with E-state index in [0.717, 1.165) is 24.3 Å². The van der Waals surface area contributed by atoms with Gasteiger partial charge in [0.05, 0.1) is 22.9 Å². The number of benzene rings is 1. The van der Waals surface area contributed by atoms with Gasteiger partial charge >= 0.3 is 6.18 Å². The second kappa shape index (κ2) is 6.63. The lowest BCUT2D eigenvalue weighted by Gasteiger charge is -2.36.